The highest BCUT2D eigenvalue weighted by Gasteiger charge is 2.14. The first-order valence-corrected chi connectivity index (χ1v) is 19.6. The van der Waals surface area contributed by atoms with Gasteiger partial charge in [-0.05, 0) is 94.4 Å². The van der Waals surface area contributed by atoms with Crippen molar-refractivity contribution in [2.24, 2.45) is 0 Å². The van der Waals surface area contributed by atoms with Crippen molar-refractivity contribution < 1.29 is 0 Å². The number of rotatable bonds is 10. The predicted molar refractivity (Wildman–Crippen MR) is 247 cm³/mol. The highest BCUT2D eigenvalue weighted by atomic mass is 15.1. The van der Waals surface area contributed by atoms with Crippen LogP contribution in [0.1, 0.15) is 29.5 Å². The van der Waals surface area contributed by atoms with E-state index in [0.29, 0.717) is 0 Å². The molecule has 0 atom stereocenters. The molecular formula is C55H48N2. The quantitative estimate of drug-likeness (QED) is 0.129. The molecule has 0 saturated heterocycles. The van der Waals surface area contributed by atoms with Gasteiger partial charge in [0.25, 0.3) is 0 Å². The first-order valence-electron chi connectivity index (χ1n) is 19.6. The summed E-state index contributed by atoms with van der Waals surface area (Å²) in [6.45, 7) is 0. The lowest BCUT2D eigenvalue weighted by Crippen LogP contribution is -2.15. The van der Waals surface area contributed by atoms with Gasteiger partial charge in [-0.15, -0.1) is 0 Å². The standard InChI is InChI=1S/C49H42N2.C6H6/c1-50(45-16-5-2-6-17-45)46-36-30-42(31-37-46)26-25-41-28-34-44(35-29-41)43-15-11-13-39(27-33-43)23-24-40-14-12-22-49(38-32-40)51(47-18-7-3-8-19-47)48-20-9-4-10-21-48;1-2-4-6-5-3-1/h2-14,16-21,23-38H,15,22H2,1H3;1-6H/b24-23+,26-25+;. The summed E-state index contributed by atoms with van der Waals surface area (Å²) < 4.78 is 0. The van der Waals surface area contributed by atoms with Gasteiger partial charge >= 0.3 is 0 Å². The summed E-state index contributed by atoms with van der Waals surface area (Å²) in [4.78, 5) is 4.54. The Bertz CT molecular complexity index is 2340. The van der Waals surface area contributed by atoms with Crippen molar-refractivity contribution in [1.82, 2.24) is 0 Å². The fourth-order valence-corrected chi connectivity index (χ4v) is 6.70. The van der Waals surface area contributed by atoms with Gasteiger partial charge in [0, 0.05) is 41.9 Å². The highest BCUT2D eigenvalue weighted by molar-refractivity contribution is 5.75. The topological polar surface area (TPSA) is 6.48 Å². The number of benzene rings is 6. The minimum Gasteiger partial charge on any atom is -0.345 e. The van der Waals surface area contributed by atoms with E-state index in [9.17, 15) is 0 Å². The average molecular weight is 737 g/mol. The van der Waals surface area contributed by atoms with E-state index in [1.54, 1.807) is 0 Å². The normalized spacial score (nSPS) is 13.7. The van der Waals surface area contributed by atoms with Crippen molar-refractivity contribution in [1.29, 1.82) is 0 Å². The maximum absolute atomic E-state index is 2.34. The lowest BCUT2D eigenvalue weighted by atomic mass is 10.0. The molecule has 0 aliphatic heterocycles. The Morgan fingerprint density at radius 1 is 0.386 bits per heavy atom. The third-order valence-corrected chi connectivity index (χ3v) is 9.85. The number of allylic oxidation sites excluding steroid dienone is 13. The number of hydrogen-bond acceptors (Lipinski definition) is 2. The molecule has 0 heterocycles. The van der Waals surface area contributed by atoms with Gasteiger partial charge < -0.3 is 9.80 Å². The Kier molecular flexibility index (Phi) is 13.3. The van der Waals surface area contributed by atoms with E-state index < -0.39 is 0 Å². The zero-order chi connectivity index (χ0) is 38.9. The van der Waals surface area contributed by atoms with E-state index in [1.807, 2.05) is 42.5 Å². The summed E-state index contributed by atoms with van der Waals surface area (Å²) in [6, 6.07) is 61.1. The Balaban J connectivity index is 0.000000757. The van der Waals surface area contributed by atoms with Crippen LogP contribution in [0.4, 0.5) is 22.7 Å². The number of hydrogen-bond donors (Lipinski definition) is 0. The zero-order valence-corrected chi connectivity index (χ0v) is 32.5. The van der Waals surface area contributed by atoms with Gasteiger partial charge in [0.05, 0.1) is 0 Å². The van der Waals surface area contributed by atoms with Crippen molar-refractivity contribution in [3.63, 3.8) is 0 Å². The molecule has 0 saturated carbocycles. The summed E-state index contributed by atoms with van der Waals surface area (Å²) in [5, 5.41) is 0. The van der Waals surface area contributed by atoms with Crippen LogP contribution in [0.5, 0.6) is 0 Å². The van der Waals surface area contributed by atoms with E-state index in [-0.39, 0.29) is 0 Å². The Morgan fingerprint density at radius 3 is 1.33 bits per heavy atom. The number of anilines is 4. The molecular weight excluding hydrogens is 689 g/mol. The van der Waals surface area contributed by atoms with Crippen LogP contribution in [0.25, 0.3) is 17.7 Å². The van der Waals surface area contributed by atoms with Crippen LogP contribution < -0.4 is 9.80 Å². The molecule has 0 fully saturated rings. The van der Waals surface area contributed by atoms with Crippen molar-refractivity contribution >= 4 is 40.5 Å². The minimum atomic E-state index is 0.848. The number of para-hydroxylation sites is 3. The minimum absolute atomic E-state index is 0.848. The smallest absolute Gasteiger partial charge is 0.0458 e. The van der Waals surface area contributed by atoms with Gasteiger partial charge in [-0.2, -0.15) is 0 Å². The molecule has 278 valence electrons. The van der Waals surface area contributed by atoms with Crippen LogP contribution in [0.3, 0.4) is 0 Å². The van der Waals surface area contributed by atoms with E-state index in [2.05, 4.69) is 223 Å². The first kappa shape index (κ1) is 38.1. The highest BCUT2D eigenvalue weighted by Crippen LogP contribution is 2.32. The van der Waals surface area contributed by atoms with Crippen molar-refractivity contribution in [3.05, 3.63) is 270 Å². The van der Waals surface area contributed by atoms with Crippen LogP contribution in [0, 0.1) is 0 Å². The second-order valence-electron chi connectivity index (χ2n) is 13.8. The van der Waals surface area contributed by atoms with E-state index >= 15 is 0 Å². The van der Waals surface area contributed by atoms with Crippen LogP contribution >= 0.6 is 0 Å². The predicted octanol–water partition coefficient (Wildman–Crippen LogP) is 14.7. The van der Waals surface area contributed by atoms with E-state index in [0.717, 1.165) is 24.2 Å². The molecule has 0 unspecified atom stereocenters. The van der Waals surface area contributed by atoms with Gasteiger partial charge in [-0.3, -0.25) is 0 Å². The SMILES string of the molecule is CN(c1ccccc1)c1ccc(/C=C/c2ccc(C3=CC=C(/C=C/C4=CC=C(N(c5ccccc5)c5ccccc5)CC=C4)C=CC3)cc2)cc1.c1ccccc1. The molecule has 2 nitrogen and oxygen atoms in total. The monoisotopic (exact) mass is 736 g/mol. The van der Waals surface area contributed by atoms with Gasteiger partial charge in [0.15, 0.2) is 0 Å². The maximum atomic E-state index is 2.34. The van der Waals surface area contributed by atoms with Crippen LogP contribution in [0.2, 0.25) is 0 Å². The average Bonchev–Trinajstić information content (AvgIpc) is 3.68. The summed E-state index contributed by atoms with van der Waals surface area (Å²) >= 11 is 0. The van der Waals surface area contributed by atoms with Crippen LogP contribution in [-0.2, 0) is 0 Å². The summed E-state index contributed by atoms with van der Waals surface area (Å²) in [5.74, 6) is 0. The zero-order valence-electron chi connectivity index (χ0n) is 32.5. The lowest BCUT2D eigenvalue weighted by Gasteiger charge is -2.27. The maximum Gasteiger partial charge on any atom is 0.0458 e. The molecule has 8 rings (SSSR count). The van der Waals surface area contributed by atoms with E-state index in [4.69, 9.17) is 0 Å². The van der Waals surface area contributed by atoms with Crippen molar-refractivity contribution in [3.8, 4) is 0 Å². The number of nitrogens with zero attached hydrogens (tertiary/aromatic N) is 2. The lowest BCUT2D eigenvalue weighted by molar-refractivity contribution is 1.08. The molecule has 2 heteroatoms. The van der Waals surface area contributed by atoms with Gasteiger partial charge in [0.1, 0.15) is 0 Å². The Morgan fingerprint density at radius 2 is 0.807 bits per heavy atom. The first-order chi connectivity index (χ1) is 28.2. The third-order valence-electron chi connectivity index (χ3n) is 9.85. The largest absolute Gasteiger partial charge is 0.345 e. The van der Waals surface area contributed by atoms with Gasteiger partial charge in [-0.25, -0.2) is 0 Å². The molecule has 2 aliphatic carbocycles. The second kappa shape index (κ2) is 20.0. The van der Waals surface area contributed by atoms with E-state index in [1.165, 1.54) is 50.5 Å². The summed E-state index contributed by atoms with van der Waals surface area (Å²) in [5.41, 5.74) is 13.2. The Labute approximate surface area is 339 Å². The molecule has 6 aromatic rings. The van der Waals surface area contributed by atoms with Gasteiger partial charge in [0.2, 0.25) is 0 Å². The summed E-state index contributed by atoms with van der Waals surface area (Å²) in [7, 11) is 2.10. The molecule has 0 N–H and O–H groups in total. The molecule has 57 heavy (non-hydrogen) atoms. The molecule has 2 aliphatic rings. The third kappa shape index (κ3) is 11.0. The fourth-order valence-electron chi connectivity index (χ4n) is 6.70. The van der Waals surface area contributed by atoms with Crippen molar-refractivity contribution in [2.45, 2.75) is 12.8 Å². The molecule has 0 spiro atoms. The van der Waals surface area contributed by atoms with Crippen LogP contribution in [0.15, 0.2) is 254 Å². The molecule has 0 aromatic heterocycles. The van der Waals surface area contributed by atoms with Crippen LogP contribution in [-0.4, -0.2) is 7.05 Å². The summed E-state index contributed by atoms with van der Waals surface area (Å²) in [6.07, 6.45) is 28.4. The fraction of sp³-hybridized carbons (Fsp3) is 0.0545. The molecule has 0 radical (unpaired) electrons. The van der Waals surface area contributed by atoms with Gasteiger partial charge in [-0.1, -0.05) is 194 Å². The van der Waals surface area contributed by atoms with Crippen molar-refractivity contribution in [2.75, 3.05) is 16.8 Å². The molecule has 6 aromatic carbocycles. The Hall–Kier alpha value is -7.16. The molecule has 0 bridgehead atoms. The second-order valence-corrected chi connectivity index (χ2v) is 13.8. The molecule has 0 amide bonds.